The van der Waals surface area contributed by atoms with Crippen LogP contribution < -0.4 is 10.6 Å². The summed E-state index contributed by atoms with van der Waals surface area (Å²) in [7, 11) is 0. The van der Waals surface area contributed by atoms with E-state index >= 15 is 0 Å². The lowest BCUT2D eigenvalue weighted by molar-refractivity contribution is -0.174. The molecule has 6 heteroatoms. The molecule has 1 aliphatic heterocycles. The Bertz CT molecular complexity index is 485. The molecule has 1 aliphatic rings. The molecule has 116 valence electrons. The molecule has 1 fully saturated rings. The molecule has 0 aromatic heterocycles. The van der Waals surface area contributed by atoms with E-state index in [0.717, 1.165) is 31.6 Å². The molecule has 21 heavy (non-hydrogen) atoms. The molecular formula is C15H20F2N2O2. The predicted octanol–water partition coefficient (Wildman–Crippen LogP) is 2.49. The van der Waals surface area contributed by atoms with E-state index in [1.807, 2.05) is 0 Å². The monoisotopic (exact) mass is 298 g/mol. The summed E-state index contributed by atoms with van der Waals surface area (Å²) in [4.78, 5) is 13.5. The van der Waals surface area contributed by atoms with E-state index in [9.17, 15) is 13.6 Å². The van der Waals surface area contributed by atoms with Crippen LogP contribution in [0.2, 0.25) is 0 Å². The van der Waals surface area contributed by atoms with Gasteiger partial charge in [-0.2, -0.15) is 8.78 Å². The summed E-state index contributed by atoms with van der Waals surface area (Å²) in [5.41, 5.74) is 6.75. The number of hydrogen-bond donors (Lipinski definition) is 1. The van der Waals surface area contributed by atoms with Crippen molar-refractivity contribution in [2.24, 2.45) is 5.73 Å². The Balaban J connectivity index is 2.11. The number of anilines is 1. The molecule has 0 aliphatic carbocycles. The minimum Gasteiger partial charge on any atom is -0.462 e. The van der Waals surface area contributed by atoms with Gasteiger partial charge in [-0.15, -0.1) is 0 Å². The number of hydrogen-bond acceptors (Lipinski definition) is 4. The van der Waals surface area contributed by atoms with Crippen molar-refractivity contribution in [3.8, 4) is 0 Å². The fraction of sp³-hybridized carbons (Fsp3) is 0.533. The van der Waals surface area contributed by atoms with Gasteiger partial charge in [0, 0.05) is 18.8 Å². The zero-order valence-corrected chi connectivity index (χ0v) is 12.0. The number of esters is 1. The molecule has 1 saturated heterocycles. The maximum absolute atomic E-state index is 13.9. The molecule has 0 bridgehead atoms. The summed E-state index contributed by atoms with van der Waals surface area (Å²) >= 11 is 0. The van der Waals surface area contributed by atoms with Crippen LogP contribution in [0.1, 0.15) is 31.4 Å². The molecular weight excluding hydrogens is 278 g/mol. The van der Waals surface area contributed by atoms with Gasteiger partial charge in [0.2, 0.25) is 0 Å². The van der Waals surface area contributed by atoms with Gasteiger partial charge < -0.3 is 15.4 Å². The van der Waals surface area contributed by atoms with Crippen LogP contribution in [0.5, 0.6) is 0 Å². The fourth-order valence-electron chi connectivity index (χ4n) is 2.43. The van der Waals surface area contributed by atoms with Crippen LogP contribution in [0.15, 0.2) is 24.3 Å². The molecule has 1 atom stereocenters. The molecule has 0 amide bonds. The van der Waals surface area contributed by atoms with Crippen LogP contribution in [0.4, 0.5) is 14.5 Å². The smallest absolute Gasteiger partial charge is 0.379 e. The lowest BCUT2D eigenvalue weighted by Gasteiger charge is -2.23. The van der Waals surface area contributed by atoms with Gasteiger partial charge in [0.25, 0.3) is 0 Å². The second-order valence-electron chi connectivity index (χ2n) is 5.11. The second kappa shape index (κ2) is 6.39. The third-order valence-corrected chi connectivity index (χ3v) is 3.66. The molecule has 1 heterocycles. The Morgan fingerprint density at radius 3 is 2.43 bits per heavy atom. The summed E-state index contributed by atoms with van der Waals surface area (Å²) in [6.07, 6.45) is 2.28. The zero-order chi connectivity index (χ0) is 15.5. The first-order valence-corrected chi connectivity index (χ1v) is 7.12. The summed E-state index contributed by atoms with van der Waals surface area (Å²) < 4.78 is 32.1. The highest BCUT2D eigenvalue weighted by molar-refractivity contribution is 5.79. The Labute approximate surface area is 122 Å². The Kier molecular flexibility index (Phi) is 4.77. The maximum atomic E-state index is 13.9. The number of alkyl halides is 2. The number of carbonyl (C=O) groups excluding carboxylic acids is 1. The van der Waals surface area contributed by atoms with Crippen LogP contribution >= 0.6 is 0 Å². The number of nitrogens with two attached hydrogens (primary N) is 1. The second-order valence-corrected chi connectivity index (χ2v) is 5.11. The van der Waals surface area contributed by atoms with Crippen molar-refractivity contribution in [2.75, 3.05) is 24.6 Å². The average Bonchev–Trinajstić information content (AvgIpc) is 3.01. The molecule has 1 aromatic rings. The first-order chi connectivity index (χ1) is 9.96. The van der Waals surface area contributed by atoms with E-state index in [2.05, 4.69) is 9.64 Å². The van der Waals surface area contributed by atoms with Crippen molar-refractivity contribution in [1.82, 2.24) is 0 Å². The van der Waals surface area contributed by atoms with Crippen LogP contribution in [-0.2, 0) is 9.53 Å². The molecule has 0 radical (unpaired) electrons. The van der Waals surface area contributed by atoms with Crippen molar-refractivity contribution in [2.45, 2.75) is 31.7 Å². The van der Waals surface area contributed by atoms with Gasteiger partial charge in [0.05, 0.1) is 6.61 Å². The number of halogens is 2. The van der Waals surface area contributed by atoms with Crippen LogP contribution in [-0.4, -0.2) is 31.6 Å². The van der Waals surface area contributed by atoms with Crippen LogP contribution in [0.25, 0.3) is 0 Å². The molecule has 0 spiro atoms. The van der Waals surface area contributed by atoms with E-state index in [1.165, 1.54) is 6.92 Å². The number of carbonyl (C=O) groups is 1. The number of rotatable bonds is 5. The average molecular weight is 298 g/mol. The molecule has 2 N–H and O–H groups in total. The highest BCUT2D eigenvalue weighted by Gasteiger charge is 2.47. The molecule has 1 aromatic carbocycles. The normalized spacial score (nSPS) is 16.9. The van der Waals surface area contributed by atoms with Crippen molar-refractivity contribution < 1.29 is 18.3 Å². The molecule has 4 nitrogen and oxygen atoms in total. The standard InChI is InChI=1S/C15H20F2N2O2/c1-2-21-14(20)15(16,17)13(18)11-5-7-12(8-6-11)19-9-3-4-10-19/h5-8,13H,2-4,9-10,18H2,1H3/t13-/m1/s1. The molecule has 2 rings (SSSR count). The van der Waals surface area contributed by atoms with Gasteiger partial charge >= 0.3 is 11.9 Å². The van der Waals surface area contributed by atoms with E-state index in [1.54, 1.807) is 24.3 Å². The zero-order valence-electron chi connectivity index (χ0n) is 12.0. The quantitative estimate of drug-likeness (QED) is 0.849. The van der Waals surface area contributed by atoms with Crippen molar-refractivity contribution in [3.63, 3.8) is 0 Å². The number of benzene rings is 1. The van der Waals surface area contributed by atoms with Gasteiger partial charge in [0.15, 0.2) is 0 Å². The van der Waals surface area contributed by atoms with Crippen LogP contribution in [0, 0.1) is 0 Å². The Morgan fingerprint density at radius 2 is 1.90 bits per heavy atom. The van der Waals surface area contributed by atoms with Crippen molar-refractivity contribution >= 4 is 11.7 Å². The highest BCUT2D eigenvalue weighted by atomic mass is 19.3. The summed E-state index contributed by atoms with van der Waals surface area (Å²) in [6.45, 7) is 3.33. The predicted molar refractivity (Wildman–Crippen MR) is 76.4 cm³/mol. The Morgan fingerprint density at radius 1 is 1.33 bits per heavy atom. The number of nitrogens with zero attached hydrogens (tertiary/aromatic N) is 1. The fourth-order valence-corrected chi connectivity index (χ4v) is 2.43. The van der Waals surface area contributed by atoms with E-state index in [4.69, 9.17) is 5.73 Å². The SMILES string of the molecule is CCOC(=O)C(F)(F)[C@H](N)c1ccc(N2CCCC2)cc1. The largest absolute Gasteiger partial charge is 0.462 e. The van der Waals surface area contributed by atoms with Gasteiger partial charge in [0.1, 0.15) is 6.04 Å². The Hall–Kier alpha value is -1.69. The maximum Gasteiger partial charge on any atom is 0.379 e. The van der Waals surface area contributed by atoms with Gasteiger partial charge in [-0.05, 0) is 37.5 Å². The first kappa shape index (κ1) is 15.7. The van der Waals surface area contributed by atoms with E-state index in [-0.39, 0.29) is 12.2 Å². The highest BCUT2D eigenvalue weighted by Crippen LogP contribution is 2.32. The lowest BCUT2D eigenvalue weighted by Crippen LogP contribution is -2.41. The van der Waals surface area contributed by atoms with E-state index in [0.29, 0.717) is 0 Å². The first-order valence-electron chi connectivity index (χ1n) is 7.12. The van der Waals surface area contributed by atoms with Crippen molar-refractivity contribution in [3.05, 3.63) is 29.8 Å². The van der Waals surface area contributed by atoms with Gasteiger partial charge in [-0.3, -0.25) is 0 Å². The summed E-state index contributed by atoms with van der Waals surface area (Å²) in [5.74, 6) is -5.31. The molecule has 0 unspecified atom stereocenters. The van der Waals surface area contributed by atoms with Crippen molar-refractivity contribution in [1.29, 1.82) is 0 Å². The topological polar surface area (TPSA) is 55.6 Å². The van der Waals surface area contributed by atoms with Gasteiger partial charge in [-0.1, -0.05) is 12.1 Å². The lowest BCUT2D eigenvalue weighted by atomic mass is 10.0. The number of ether oxygens (including phenoxy) is 1. The summed E-state index contributed by atoms with van der Waals surface area (Å²) in [5, 5.41) is 0. The van der Waals surface area contributed by atoms with Gasteiger partial charge in [-0.25, -0.2) is 4.79 Å². The van der Waals surface area contributed by atoms with E-state index < -0.39 is 17.9 Å². The van der Waals surface area contributed by atoms with Crippen LogP contribution in [0.3, 0.4) is 0 Å². The third kappa shape index (κ3) is 3.32. The molecule has 0 saturated carbocycles. The minimum atomic E-state index is -3.73. The third-order valence-electron chi connectivity index (χ3n) is 3.66. The summed E-state index contributed by atoms with van der Waals surface area (Å²) in [6, 6.07) is 4.92. The minimum absolute atomic E-state index is 0.102.